The number of ether oxygens (including phenoxy) is 1. The van der Waals surface area contributed by atoms with Crippen LogP contribution in [0.3, 0.4) is 0 Å². The minimum Gasteiger partial charge on any atom is -0.444 e. The van der Waals surface area contributed by atoms with Gasteiger partial charge in [0.1, 0.15) is 5.60 Å². The molecule has 0 aliphatic rings. The summed E-state index contributed by atoms with van der Waals surface area (Å²) in [5.74, 6) is 0.477. The number of thiophene rings is 1. The molecule has 1 aromatic rings. The van der Waals surface area contributed by atoms with Gasteiger partial charge in [-0.3, -0.25) is 5.32 Å². The fourth-order valence-corrected chi connectivity index (χ4v) is 1.93. The maximum Gasteiger partial charge on any atom is 0.412 e. The molecule has 17 heavy (non-hydrogen) atoms. The van der Waals surface area contributed by atoms with E-state index in [0.29, 0.717) is 5.88 Å². The number of allylic oxidation sites excluding steroid dienone is 1. The molecule has 0 fully saturated rings. The molecule has 3 nitrogen and oxygen atoms in total. The molecule has 5 heteroatoms. The first kappa shape index (κ1) is 14.1. The summed E-state index contributed by atoms with van der Waals surface area (Å²) in [6.45, 7) is 5.49. The number of nitrogens with one attached hydrogen (secondary N) is 1. The van der Waals surface area contributed by atoms with Crippen LogP contribution in [0.2, 0.25) is 0 Å². The molecule has 0 bridgehead atoms. The molecule has 0 unspecified atom stereocenters. The van der Waals surface area contributed by atoms with Crippen LogP contribution in [0.1, 0.15) is 26.3 Å². The van der Waals surface area contributed by atoms with Gasteiger partial charge in [0.05, 0.1) is 5.00 Å². The maximum absolute atomic E-state index is 11.5. The summed E-state index contributed by atoms with van der Waals surface area (Å²) >= 11 is 6.99. The lowest BCUT2D eigenvalue weighted by molar-refractivity contribution is 0.0636. The summed E-state index contributed by atoms with van der Waals surface area (Å²) in [5.41, 5.74) is 0.532. The number of carbonyl (C=O) groups is 1. The SMILES string of the molecule is CC(C)(C)OC(=O)Nc1cc(C=CCCl)cs1. The van der Waals surface area contributed by atoms with Crippen molar-refractivity contribution in [1.29, 1.82) is 0 Å². The minimum absolute atomic E-state index is 0.438. The number of rotatable bonds is 3. The van der Waals surface area contributed by atoms with E-state index in [1.165, 1.54) is 11.3 Å². The maximum atomic E-state index is 11.5. The van der Waals surface area contributed by atoms with Gasteiger partial charge in [0.25, 0.3) is 0 Å². The molecule has 0 aliphatic heterocycles. The summed E-state index contributed by atoms with van der Waals surface area (Å²) in [6, 6.07) is 1.87. The Hall–Kier alpha value is -1.000. The van der Waals surface area contributed by atoms with Gasteiger partial charge in [-0.1, -0.05) is 12.2 Å². The Kier molecular flexibility index (Phi) is 5.02. The van der Waals surface area contributed by atoms with E-state index in [1.807, 2.05) is 44.4 Å². The first-order valence-corrected chi connectivity index (χ1v) is 6.63. The van der Waals surface area contributed by atoms with Crippen molar-refractivity contribution in [2.75, 3.05) is 11.2 Å². The number of amides is 1. The van der Waals surface area contributed by atoms with Gasteiger partial charge in [-0.25, -0.2) is 4.79 Å². The Labute approximate surface area is 110 Å². The second-order valence-electron chi connectivity index (χ2n) is 4.43. The van der Waals surface area contributed by atoms with Crippen LogP contribution in [0.15, 0.2) is 17.5 Å². The van der Waals surface area contributed by atoms with E-state index < -0.39 is 11.7 Å². The standard InChI is InChI=1S/C12H16ClNO2S/c1-12(2,3)16-11(15)14-10-7-9(8-17-10)5-4-6-13/h4-5,7-8H,6H2,1-3H3,(H,14,15). The summed E-state index contributed by atoms with van der Waals surface area (Å²) < 4.78 is 5.15. The molecule has 0 atom stereocenters. The van der Waals surface area contributed by atoms with Crippen LogP contribution in [-0.2, 0) is 4.74 Å². The second kappa shape index (κ2) is 6.07. The van der Waals surface area contributed by atoms with Crippen LogP contribution in [-0.4, -0.2) is 17.6 Å². The summed E-state index contributed by atoms with van der Waals surface area (Å²) in [6.07, 6.45) is 3.32. The molecule has 1 N–H and O–H groups in total. The number of anilines is 1. The Bertz CT molecular complexity index is 407. The number of hydrogen-bond donors (Lipinski definition) is 1. The molecule has 0 radical (unpaired) electrons. The third kappa shape index (κ3) is 5.75. The van der Waals surface area contributed by atoms with Crippen LogP contribution in [0.5, 0.6) is 0 Å². The highest BCUT2D eigenvalue weighted by molar-refractivity contribution is 7.14. The summed E-state index contributed by atoms with van der Waals surface area (Å²) in [4.78, 5) is 11.5. The van der Waals surface area contributed by atoms with E-state index in [-0.39, 0.29) is 0 Å². The quantitative estimate of drug-likeness (QED) is 0.832. The zero-order valence-electron chi connectivity index (χ0n) is 10.1. The van der Waals surface area contributed by atoms with E-state index in [2.05, 4.69) is 5.32 Å². The zero-order valence-corrected chi connectivity index (χ0v) is 11.7. The molecule has 0 saturated heterocycles. The van der Waals surface area contributed by atoms with Crippen molar-refractivity contribution in [3.63, 3.8) is 0 Å². The Morgan fingerprint density at radius 3 is 2.88 bits per heavy atom. The van der Waals surface area contributed by atoms with Gasteiger partial charge >= 0.3 is 6.09 Å². The van der Waals surface area contributed by atoms with Gasteiger partial charge in [0, 0.05) is 11.3 Å². The van der Waals surface area contributed by atoms with Gasteiger partial charge in [-0.15, -0.1) is 22.9 Å². The van der Waals surface area contributed by atoms with Crippen molar-refractivity contribution in [3.05, 3.63) is 23.1 Å². The molecule has 0 spiro atoms. The molecule has 1 heterocycles. The van der Waals surface area contributed by atoms with Gasteiger partial charge in [-0.05, 0) is 32.4 Å². The highest BCUT2D eigenvalue weighted by Gasteiger charge is 2.16. The first-order chi connectivity index (χ1) is 7.90. The van der Waals surface area contributed by atoms with Gasteiger partial charge in [0.15, 0.2) is 0 Å². The van der Waals surface area contributed by atoms with Crippen molar-refractivity contribution in [3.8, 4) is 0 Å². The molecule has 0 saturated carbocycles. The Morgan fingerprint density at radius 2 is 2.29 bits per heavy atom. The number of alkyl halides is 1. The van der Waals surface area contributed by atoms with Crippen molar-refractivity contribution in [2.24, 2.45) is 0 Å². The smallest absolute Gasteiger partial charge is 0.412 e. The van der Waals surface area contributed by atoms with Crippen molar-refractivity contribution >= 4 is 40.1 Å². The third-order valence-electron chi connectivity index (χ3n) is 1.64. The molecule has 1 amide bonds. The fraction of sp³-hybridized carbons (Fsp3) is 0.417. The van der Waals surface area contributed by atoms with Crippen LogP contribution >= 0.6 is 22.9 Å². The number of carbonyl (C=O) groups excluding carboxylic acids is 1. The predicted molar refractivity (Wildman–Crippen MR) is 73.9 cm³/mol. The van der Waals surface area contributed by atoms with Crippen molar-refractivity contribution < 1.29 is 9.53 Å². The van der Waals surface area contributed by atoms with E-state index >= 15 is 0 Å². The molecular formula is C12H16ClNO2S. The fourth-order valence-electron chi connectivity index (χ4n) is 1.09. The monoisotopic (exact) mass is 273 g/mol. The summed E-state index contributed by atoms with van der Waals surface area (Å²) in [5, 5.41) is 5.38. The average Bonchev–Trinajstić information content (AvgIpc) is 2.59. The summed E-state index contributed by atoms with van der Waals surface area (Å²) in [7, 11) is 0. The lowest BCUT2D eigenvalue weighted by Gasteiger charge is -2.19. The highest BCUT2D eigenvalue weighted by atomic mass is 35.5. The minimum atomic E-state index is -0.483. The van der Waals surface area contributed by atoms with E-state index in [0.717, 1.165) is 10.6 Å². The lowest BCUT2D eigenvalue weighted by Crippen LogP contribution is -2.26. The molecule has 0 aliphatic carbocycles. The number of halogens is 1. The molecule has 0 aromatic carbocycles. The van der Waals surface area contributed by atoms with Crippen LogP contribution in [0.4, 0.5) is 9.80 Å². The van der Waals surface area contributed by atoms with E-state index in [4.69, 9.17) is 16.3 Å². The van der Waals surface area contributed by atoms with Gasteiger partial charge < -0.3 is 4.74 Å². The number of hydrogen-bond acceptors (Lipinski definition) is 3. The second-order valence-corrected chi connectivity index (χ2v) is 5.65. The third-order valence-corrected chi connectivity index (χ3v) is 2.69. The molecule has 94 valence electrons. The molecule has 1 rings (SSSR count). The zero-order chi connectivity index (χ0) is 12.9. The Morgan fingerprint density at radius 1 is 1.59 bits per heavy atom. The topological polar surface area (TPSA) is 38.3 Å². The largest absolute Gasteiger partial charge is 0.444 e. The van der Waals surface area contributed by atoms with Crippen molar-refractivity contribution in [1.82, 2.24) is 0 Å². The average molecular weight is 274 g/mol. The van der Waals surface area contributed by atoms with Gasteiger partial charge in [0.2, 0.25) is 0 Å². The lowest BCUT2D eigenvalue weighted by atomic mass is 10.2. The first-order valence-electron chi connectivity index (χ1n) is 5.22. The van der Waals surface area contributed by atoms with Crippen LogP contribution < -0.4 is 5.32 Å². The Balaban J connectivity index is 2.55. The van der Waals surface area contributed by atoms with E-state index in [9.17, 15) is 4.79 Å². The van der Waals surface area contributed by atoms with Gasteiger partial charge in [-0.2, -0.15) is 0 Å². The highest BCUT2D eigenvalue weighted by Crippen LogP contribution is 2.22. The van der Waals surface area contributed by atoms with Crippen molar-refractivity contribution in [2.45, 2.75) is 26.4 Å². The molecular weight excluding hydrogens is 258 g/mol. The van der Waals surface area contributed by atoms with Crippen LogP contribution in [0, 0.1) is 0 Å². The predicted octanol–water partition coefficient (Wildman–Crippen LogP) is 4.35. The van der Waals surface area contributed by atoms with E-state index in [1.54, 1.807) is 0 Å². The normalized spacial score (nSPS) is 11.8. The van der Waals surface area contributed by atoms with Crippen LogP contribution in [0.25, 0.3) is 6.08 Å². The molecule has 1 aromatic heterocycles.